The smallest absolute Gasteiger partial charge is 0.210 e. The maximum atomic E-state index is 13.0. The number of hydrogen-bond donors (Lipinski definition) is 0. The molecule has 0 heterocycles. The number of aryl methyl sites for hydroxylation is 1. The molecule has 134 valence electrons. The molecule has 3 aromatic rings. The molecular formula is C21H20O4S. The van der Waals surface area contributed by atoms with Gasteiger partial charge < -0.3 is 9.47 Å². The van der Waals surface area contributed by atoms with Gasteiger partial charge in [-0.3, -0.25) is 0 Å². The Morgan fingerprint density at radius 1 is 0.846 bits per heavy atom. The van der Waals surface area contributed by atoms with Crippen molar-refractivity contribution < 1.29 is 17.9 Å². The van der Waals surface area contributed by atoms with Crippen LogP contribution in [0.2, 0.25) is 0 Å². The Balaban J connectivity index is 1.96. The number of methoxy groups -OCH3 is 1. The van der Waals surface area contributed by atoms with Crippen LogP contribution in [0.25, 0.3) is 0 Å². The van der Waals surface area contributed by atoms with Crippen molar-refractivity contribution in [3.63, 3.8) is 0 Å². The monoisotopic (exact) mass is 368 g/mol. The summed E-state index contributed by atoms with van der Waals surface area (Å²) in [7, 11) is -2.27. The summed E-state index contributed by atoms with van der Waals surface area (Å²) < 4.78 is 37.2. The molecule has 26 heavy (non-hydrogen) atoms. The lowest BCUT2D eigenvalue weighted by atomic mass is 10.2. The molecule has 0 aliphatic carbocycles. The highest BCUT2D eigenvalue weighted by Gasteiger charge is 2.24. The minimum absolute atomic E-state index is 0.0921. The topological polar surface area (TPSA) is 52.6 Å². The lowest BCUT2D eigenvalue weighted by molar-refractivity contribution is 0.281. The summed E-state index contributed by atoms with van der Waals surface area (Å²) in [6, 6.07) is 21.3. The molecule has 0 N–H and O–H groups in total. The molecule has 0 bridgehead atoms. The third-order valence-corrected chi connectivity index (χ3v) is 5.80. The first-order valence-electron chi connectivity index (χ1n) is 8.18. The van der Waals surface area contributed by atoms with E-state index in [0.717, 1.165) is 11.1 Å². The van der Waals surface area contributed by atoms with Gasteiger partial charge in [0, 0.05) is 0 Å². The van der Waals surface area contributed by atoms with Crippen LogP contribution in [0.4, 0.5) is 0 Å². The third kappa shape index (κ3) is 3.73. The molecule has 0 spiro atoms. The van der Waals surface area contributed by atoms with E-state index in [9.17, 15) is 8.42 Å². The van der Waals surface area contributed by atoms with Gasteiger partial charge in [0.15, 0.2) is 11.5 Å². The molecule has 0 radical (unpaired) electrons. The summed E-state index contributed by atoms with van der Waals surface area (Å²) in [6.07, 6.45) is 0. The van der Waals surface area contributed by atoms with Gasteiger partial charge in [-0.25, -0.2) is 8.42 Å². The van der Waals surface area contributed by atoms with Gasteiger partial charge in [0.2, 0.25) is 9.84 Å². The van der Waals surface area contributed by atoms with Gasteiger partial charge >= 0.3 is 0 Å². The zero-order valence-corrected chi connectivity index (χ0v) is 15.5. The second-order valence-electron chi connectivity index (χ2n) is 5.88. The van der Waals surface area contributed by atoms with Crippen LogP contribution in [0.3, 0.4) is 0 Å². The van der Waals surface area contributed by atoms with Crippen molar-refractivity contribution in [3.05, 3.63) is 83.9 Å². The number of para-hydroxylation sites is 1. The van der Waals surface area contributed by atoms with E-state index < -0.39 is 9.84 Å². The predicted molar refractivity (Wildman–Crippen MR) is 100 cm³/mol. The van der Waals surface area contributed by atoms with Crippen LogP contribution in [0, 0.1) is 6.92 Å². The van der Waals surface area contributed by atoms with Crippen LogP contribution in [0.15, 0.2) is 82.6 Å². The summed E-state index contributed by atoms with van der Waals surface area (Å²) in [6.45, 7) is 2.24. The molecule has 5 heteroatoms. The van der Waals surface area contributed by atoms with Crippen molar-refractivity contribution in [1.29, 1.82) is 0 Å². The molecule has 4 nitrogen and oxygen atoms in total. The summed E-state index contributed by atoms with van der Waals surface area (Å²) in [5, 5.41) is 0. The highest BCUT2D eigenvalue weighted by atomic mass is 32.2. The third-order valence-electron chi connectivity index (χ3n) is 4.00. The normalized spacial score (nSPS) is 11.2. The molecule has 0 unspecified atom stereocenters. The zero-order chi connectivity index (χ0) is 18.6. The fourth-order valence-electron chi connectivity index (χ4n) is 2.60. The SMILES string of the molecule is COc1c(OCc2ccccc2)cccc1S(=O)(=O)c1ccc(C)cc1. The minimum atomic E-state index is -3.71. The molecule has 3 aromatic carbocycles. The van der Waals surface area contributed by atoms with Crippen LogP contribution in [0.1, 0.15) is 11.1 Å². The quantitative estimate of drug-likeness (QED) is 0.646. The van der Waals surface area contributed by atoms with Crippen LogP contribution < -0.4 is 9.47 Å². The van der Waals surface area contributed by atoms with Crippen molar-refractivity contribution in [2.24, 2.45) is 0 Å². The van der Waals surface area contributed by atoms with Crippen molar-refractivity contribution in [2.45, 2.75) is 23.3 Å². The van der Waals surface area contributed by atoms with Crippen LogP contribution in [-0.2, 0) is 16.4 Å². The van der Waals surface area contributed by atoms with E-state index in [1.807, 2.05) is 37.3 Å². The Labute approximate surface area is 153 Å². The van der Waals surface area contributed by atoms with Crippen LogP contribution >= 0.6 is 0 Å². The molecule has 0 aliphatic heterocycles. The maximum Gasteiger partial charge on any atom is 0.210 e. The van der Waals surface area contributed by atoms with Gasteiger partial charge in [-0.2, -0.15) is 0 Å². The van der Waals surface area contributed by atoms with E-state index in [2.05, 4.69) is 0 Å². The number of ether oxygens (including phenoxy) is 2. The van der Waals surface area contributed by atoms with Gasteiger partial charge in [-0.15, -0.1) is 0 Å². The molecule has 0 saturated heterocycles. The van der Waals surface area contributed by atoms with Crippen molar-refractivity contribution in [3.8, 4) is 11.5 Å². The lowest BCUT2D eigenvalue weighted by Gasteiger charge is -2.15. The largest absolute Gasteiger partial charge is 0.492 e. The van der Waals surface area contributed by atoms with E-state index in [4.69, 9.17) is 9.47 Å². The maximum absolute atomic E-state index is 13.0. The van der Waals surface area contributed by atoms with Crippen molar-refractivity contribution in [1.82, 2.24) is 0 Å². The average molecular weight is 368 g/mol. The second-order valence-corrected chi connectivity index (χ2v) is 7.80. The van der Waals surface area contributed by atoms with E-state index >= 15 is 0 Å². The van der Waals surface area contributed by atoms with E-state index in [1.54, 1.807) is 36.4 Å². The fraction of sp³-hybridized carbons (Fsp3) is 0.143. The Morgan fingerprint density at radius 2 is 1.54 bits per heavy atom. The van der Waals surface area contributed by atoms with E-state index in [0.29, 0.717) is 12.4 Å². The number of sulfone groups is 1. The number of rotatable bonds is 6. The molecule has 0 aromatic heterocycles. The molecule has 0 fully saturated rings. The van der Waals surface area contributed by atoms with Crippen molar-refractivity contribution >= 4 is 9.84 Å². The molecule has 3 rings (SSSR count). The van der Waals surface area contributed by atoms with Gasteiger partial charge in [-0.05, 0) is 36.8 Å². The molecule has 0 saturated carbocycles. The summed E-state index contributed by atoms with van der Waals surface area (Å²) in [4.78, 5) is 0.316. The fourth-order valence-corrected chi connectivity index (χ4v) is 4.04. The average Bonchev–Trinajstić information content (AvgIpc) is 2.67. The van der Waals surface area contributed by atoms with E-state index in [1.165, 1.54) is 13.2 Å². The van der Waals surface area contributed by atoms with Crippen LogP contribution in [0.5, 0.6) is 11.5 Å². The highest BCUT2D eigenvalue weighted by Crippen LogP contribution is 2.37. The van der Waals surface area contributed by atoms with Gasteiger partial charge in [-0.1, -0.05) is 54.1 Å². The summed E-state index contributed by atoms with van der Waals surface area (Å²) >= 11 is 0. The lowest BCUT2D eigenvalue weighted by Crippen LogP contribution is -2.06. The molecule has 0 atom stereocenters. The standard InChI is InChI=1S/C21H20O4S/c1-16-11-13-18(14-12-16)26(22,23)20-10-6-9-19(21(20)24-2)25-15-17-7-4-3-5-8-17/h3-14H,15H2,1-2H3. The molecule has 0 aliphatic rings. The molecular weight excluding hydrogens is 348 g/mol. The van der Waals surface area contributed by atoms with Crippen molar-refractivity contribution in [2.75, 3.05) is 7.11 Å². The first-order chi connectivity index (χ1) is 12.5. The first kappa shape index (κ1) is 18.0. The summed E-state index contributed by atoms with van der Waals surface area (Å²) in [5.41, 5.74) is 1.98. The number of benzene rings is 3. The Bertz CT molecular complexity index is 978. The van der Waals surface area contributed by atoms with Gasteiger partial charge in [0.25, 0.3) is 0 Å². The molecule has 0 amide bonds. The zero-order valence-electron chi connectivity index (χ0n) is 14.7. The number of hydrogen-bond acceptors (Lipinski definition) is 4. The van der Waals surface area contributed by atoms with Gasteiger partial charge in [0.1, 0.15) is 11.5 Å². The Hall–Kier alpha value is -2.79. The minimum Gasteiger partial charge on any atom is -0.492 e. The summed E-state index contributed by atoms with van der Waals surface area (Å²) in [5.74, 6) is 0.605. The second kappa shape index (κ2) is 7.62. The first-order valence-corrected chi connectivity index (χ1v) is 9.66. The predicted octanol–water partition coefficient (Wildman–Crippen LogP) is 4.42. The van der Waals surface area contributed by atoms with Crippen LogP contribution in [-0.4, -0.2) is 15.5 Å². The Kier molecular flexibility index (Phi) is 5.28. The van der Waals surface area contributed by atoms with Gasteiger partial charge in [0.05, 0.1) is 12.0 Å². The van der Waals surface area contributed by atoms with E-state index in [-0.39, 0.29) is 15.5 Å². The Morgan fingerprint density at radius 3 is 2.19 bits per heavy atom. The highest BCUT2D eigenvalue weighted by molar-refractivity contribution is 7.91.